The molecule has 0 aliphatic carbocycles. The van der Waals surface area contributed by atoms with E-state index in [1.807, 2.05) is 42.5 Å². The van der Waals surface area contributed by atoms with E-state index in [0.717, 1.165) is 174 Å². The summed E-state index contributed by atoms with van der Waals surface area (Å²) in [4.78, 5) is 11.6. The lowest BCUT2D eigenvalue weighted by atomic mass is 10.1. The first-order valence-electron chi connectivity index (χ1n) is 29.5. The van der Waals surface area contributed by atoms with Crippen LogP contribution in [0.2, 0.25) is 0 Å². The molecule has 0 aliphatic rings. The van der Waals surface area contributed by atoms with Gasteiger partial charge in [0, 0.05) is 30.7 Å². The zero-order chi connectivity index (χ0) is 53.8. The van der Waals surface area contributed by atoms with Crippen molar-refractivity contribution in [1.29, 1.82) is 0 Å². The molecule has 0 aliphatic heterocycles. The van der Waals surface area contributed by atoms with Gasteiger partial charge in [0.25, 0.3) is 0 Å². The second-order valence-electron chi connectivity index (χ2n) is 19.5. The number of nitrogens with one attached hydrogen (secondary N) is 1. The average molecular weight is 1030 g/mol. The second-order valence-corrected chi connectivity index (χ2v) is 19.5. The first kappa shape index (κ1) is 63.9. The minimum atomic E-state index is -0.281. The summed E-state index contributed by atoms with van der Waals surface area (Å²) >= 11 is 0. The summed E-state index contributed by atoms with van der Waals surface area (Å²) in [5.41, 5.74) is 3.73. The molecule has 75 heavy (non-hydrogen) atoms. The first-order chi connectivity index (χ1) is 36.9. The van der Waals surface area contributed by atoms with E-state index in [-0.39, 0.29) is 12.5 Å². The van der Waals surface area contributed by atoms with Crippen LogP contribution < -0.4 is 33.7 Å². The smallest absolute Gasteiger partial charge is 0.319 e. The summed E-state index contributed by atoms with van der Waals surface area (Å²) in [6, 6.07) is 14.0. The molecule has 3 aromatic rings. The van der Waals surface area contributed by atoms with Crippen LogP contribution in [0.3, 0.4) is 0 Å². The fourth-order valence-electron chi connectivity index (χ4n) is 8.08. The number of hydrogen-bond donors (Lipinski definition) is 1. The Balaban J connectivity index is 2.21. The predicted molar refractivity (Wildman–Crippen MR) is 310 cm³/mol. The Kier molecular flexibility index (Phi) is 36.4. The molecule has 9 nitrogen and oxygen atoms in total. The van der Waals surface area contributed by atoms with Gasteiger partial charge >= 0.3 is 5.97 Å². The SMILES string of the molecule is CCCCCCOc1ccc(OCCCCCC)c(C#Cc2cc(OCCCCCC)c(C#Cc3cc(OCCCCCC)c(C#CCCCNCC(=O)OC)cc3OCCCCCC)cc2OCCCCCC)c1. The number of hydrogen-bond acceptors (Lipinski definition) is 9. The van der Waals surface area contributed by atoms with Crippen LogP contribution in [0.5, 0.6) is 34.5 Å². The standard InChI is InChI=1S/C66H97NO8/c1-8-14-20-29-43-70-60-40-41-61(71-44-30-21-15-9-2)56(49-60)36-37-57-52-65(75-48-34-25-19-13-6)59(53-64(57)74-47-33-24-18-12-5)39-38-58-51-62(72-45-31-22-16-10-3)55(50-63(58)73-46-32-23-17-11-4)35-27-26-28-42-67-54-66(68)69-7/h40-41,49-53,67H,8-26,28-34,42-48,54H2,1-7H3. The lowest BCUT2D eigenvalue weighted by molar-refractivity contribution is -0.139. The molecule has 0 saturated heterocycles. The molecular weight excluding hydrogens is 935 g/mol. The number of carbonyl (C=O) groups excluding carboxylic acids is 1. The van der Waals surface area contributed by atoms with Gasteiger partial charge in [-0.15, -0.1) is 0 Å². The Bertz CT molecular complexity index is 2200. The van der Waals surface area contributed by atoms with Crippen molar-refractivity contribution in [2.75, 3.05) is 59.8 Å². The summed E-state index contributed by atoms with van der Waals surface area (Å²) in [6.07, 6.45) is 27.8. The largest absolute Gasteiger partial charge is 0.494 e. The quantitative estimate of drug-likeness (QED) is 0.0339. The first-order valence-corrected chi connectivity index (χ1v) is 29.5. The van der Waals surface area contributed by atoms with Crippen LogP contribution >= 0.6 is 0 Å². The fourth-order valence-corrected chi connectivity index (χ4v) is 8.08. The lowest BCUT2D eigenvalue weighted by Crippen LogP contribution is -2.24. The van der Waals surface area contributed by atoms with Gasteiger partial charge in [-0.3, -0.25) is 4.79 Å². The molecular formula is C66H97NO8. The van der Waals surface area contributed by atoms with Gasteiger partial charge in [-0.25, -0.2) is 0 Å². The number of unbranched alkanes of at least 4 members (excludes halogenated alkanes) is 19. The highest BCUT2D eigenvalue weighted by atomic mass is 16.5. The summed E-state index contributed by atoms with van der Waals surface area (Å²) in [6.45, 7) is 17.7. The number of carbonyl (C=O) groups is 1. The molecule has 0 fully saturated rings. The van der Waals surface area contributed by atoms with Gasteiger partial charge in [-0.05, 0) is 69.7 Å². The Labute approximate surface area is 456 Å². The molecule has 0 unspecified atom stereocenters. The van der Waals surface area contributed by atoms with Crippen molar-refractivity contribution in [3.8, 4) is 70.0 Å². The summed E-state index contributed by atoms with van der Waals surface area (Å²) in [5, 5.41) is 3.12. The highest BCUT2D eigenvalue weighted by Gasteiger charge is 2.15. The van der Waals surface area contributed by atoms with E-state index in [9.17, 15) is 4.79 Å². The lowest BCUT2D eigenvalue weighted by Gasteiger charge is -2.15. The predicted octanol–water partition coefficient (Wildman–Crippen LogP) is 16.1. The molecule has 0 bridgehead atoms. The molecule has 0 radical (unpaired) electrons. The Morgan fingerprint density at radius 3 is 1.08 bits per heavy atom. The zero-order valence-electron chi connectivity index (χ0n) is 47.8. The maximum Gasteiger partial charge on any atom is 0.319 e. The highest BCUT2D eigenvalue weighted by molar-refractivity contribution is 5.71. The summed E-state index contributed by atoms with van der Waals surface area (Å²) < 4.78 is 43.8. The molecule has 1 N–H and O–H groups in total. The molecule has 9 heteroatoms. The van der Waals surface area contributed by atoms with Gasteiger partial charge in [0.05, 0.1) is 81.1 Å². The monoisotopic (exact) mass is 1030 g/mol. The third kappa shape index (κ3) is 28.3. The van der Waals surface area contributed by atoms with E-state index in [2.05, 4.69) is 82.4 Å². The average Bonchev–Trinajstić information content (AvgIpc) is 3.42. The van der Waals surface area contributed by atoms with Crippen LogP contribution in [0.25, 0.3) is 0 Å². The van der Waals surface area contributed by atoms with Crippen molar-refractivity contribution in [2.24, 2.45) is 0 Å². The second kappa shape index (κ2) is 42.8. The minimum Gasteiger partial charge on any atom is -0.494 e. The van der Waals surface area contributed by atoms with Crippen molar-refractivity contribution in [3.63, 3.8) is 0 Å². The number of rotatable bonds is 41. The van der Waals surface area contributed by atoms with Gasteiger partial charge < -0.3 is 38.5 Å². The van der Waals surface area contributed by atoms with Crippen molar-refractivity contribution in [2.45, 2.75) is 208 Å². The Morgan fingerprint density at radius 2 is 0.720 bits per heavy atom. The Hall–Kier alpha value is -5.43. The van der Waals surface area contributed by atoms with E-state index < -0.39 is 0 Å². The molecule has 0 heterocycles. The van der Waals surface area contributed by atoms with E-state index >= 15 is 0 Å². The topological polar surface area (TPSA) is 93.7 Å². The minimum absolute atomic E-state index is 0.181. The zero-order valence-corrected chi connectivity index (χ0v) is 47.8. The van der Waals surface area contributed by atoms with Crippen LogP contribution in [0.4, 0.5) is 0 Å². The number of ether oxygens (including phenoxy) is 7. The molecule has 0 atom stereocenters. The van der Waals surface area contributed by atoms with Crippen molar-refractivity contribution in [3.05, 3.63) is 70.3 Å². The van der Waals surface area contributed by atoms with Crippen molar-refractivity contribution in [1.82, 2.24) is 5.32 Å². The van der Waals surface area contributed by atoms with Crippen molar-refractivity contribution < 1.29 is 38.0 Å². The highest BCUT2D eigenvalue weighted by Crippen LogP contribution is 2.33. The van der Waals surface area contributed by atoms with E-state index in [1.54, 1.807) is 0 Å². The van der Waals surface area contributed by atoms with Crippen LogP contribution in [-0.4, -0.2) is 65.8 Å². The summed E-state index contributed by atoms with van der Waals surface area (Å²) in [7, 11) is 1.40. The molecule has 0 aromatic heterocycles. The molecule has 0 amide bonds. The molecule has 414 valence electrons. The molecule has 0 spiro atoms. The van der Waals surface area contributed by atoms with Gasteiger partial charge in [0.2, 0.25) is 0 Å². The molecule has 3 aromatic carbocycles. The fraction of sp³-hybridized carbons (Fsp3) is 0.621. The van der Waals surface area contributed by atoms with Crippen LogP contribution in [-0.2, 0) is 9.53 Å². The third-order valence-electron chi connectivity index (χ3n) is 12.7. The van der Waals surface area contributed by atoms with Crippen LogP contribution in [0, 0.1) is 35.5 Å². The third-order valence-corrected chi connectivity index (χ3v) is 12.7. The van der Waals surface area contributed by atoms with Gasteiger partial charge in [0.15, 0.2) is 0 Å². The number of methoxy groups -OCH3 is 1. The maximum atomic E-state index is 11.6. The van der Waals surface area contributed by atoms with Gasteiger partial charge in [-0.2, -0.15) is 0 Å². The van der Waals surface area contributed by atoms with Crippen molar-refractivity contribution >= 4 is 5.97 Å². The molecule has 3 rings (SSSR count). The van der Waals surface area contributed by atoms with E-state index in [4.69, 9.17) is 33.2 Å². The number of esters is 1. The van der Waals surface area contributed by atoms with Gasteiger partial charge in [-0.1, -0.05) is 193 Å². The number of benzene rings is 3. The van der Waals surface area contributed by atoms with Gasteiger partial charge in [0.1, 0.15) is 34.5 Å². The van der Waals surface area contributed by atoms with E-state index in [0.29, 0.717) is 75.6 Å². The molecule has 0 saturated carbocycles. The van der Waals surface area contributed by atoms with E-state index in [1.165, 1.54) is 32.8 Å². The summed E-state index contributed by atoms with van der Waals surface area (Å²) in [5.74, 6) is 24.8. The Morgan fingerprint density at radius 1 is 0.387 bits per heavy atom. The maximum absolute atomic E-state index is 11.6. The van der Waals surface area contributed by atoms with Crippen LogP contribution in [0.15, 0.2) is 42.5 Å². The van der Waals surface area contributed by atoms with Crippen LogP contribution in [0.1, 0.15) is 236 Å². The normalized spacial score (nSPS) is 10.6.